The highest BCUT2D eigenvalue weighted by molar-refractivity contribution is 5.80. The van der Waals surface area contributed by atoms with Crippen molar-refractivity contribution in [1.82, 2.24) is 25.1 Å². The number of aliphatic imine (C=N–C) groups is 1. The molecule has 1 aromatic carbocycles. The fourth-order valence-corrected chi connectivity index (χ4v) is 3.87. The molecule has 2 heterocycles. The first kappa shape index (κ1) is 20.2. The maximum absolute atomic E-state index is 11.6. The van der Waals surface area contributed by atoms with E-state index >= 15 is 0 Å². The number of imidazole rings is 1. The molecule has 1 aromatic heterocycles. The molecule has 28 heavy (non-hydrogen) atoms. The quantitative estimate of drug-likeness (QED) is 0.591. The summed E-state index contributed by atoms with van der Waals surface area (Å²) in [5.41, 5.74) is 2.20. The van der Waals surface area contributed by atoms with Crippen molar-refractivity contribution < 1.29 is 4.79 Å². The van der Waals surface area contributed by atoms with Crippen LogP contribution in [0.25, 0.3) is 11.0 Å². The lowest BCUT2D eigenvalue weighted by atomic mass is 9.93. The Kier molecular flexibility index (Phi) is 6.90. The van der Waals surface area contributed by atoms with E-state index in [4.69, 9.17) is 4.99 Å². The molecule has 0 bridgehead atoms. The smallest absolute Gasteiger partial charge is 0.220 e. The molecule has 0 aliphatic carbocycles. The minimum atomic E-state index is 0.141. The zero-order chi connectivity index (χ0) is 19.9. The van der Waals surface area contributed by atoms with E-state index in [0.29, 0.717) is 18.9 Å². The van der Waals surface area contributed by atoms with Gasteiger partial charge in [0.2, 0.25) is 5.91 Å². The number of fused-ring (bicyclic) bond motifs is 1. The lowest BCUT2D eigenvalue weighted by Gasteiger charge is -2.34. The summed E-state index contributed by atoms with van der Waals surface area (Å²) >= 11 is 0. The van der Waals surface area contributed by atoms with E-state index in [-0.39, 0.29) is 5.91 Å². The molecular formula is C21H32N6O. The summed E-state index contributed by atoms with van der Waals surface area (Å²) in [6.07, 6.45) is 2.69. The number of hydrogen-bond acceptors (Lipinski definition) is 3. The van der Waals surface area contributed by atoms with E-state index in [9.17, 15) is 4.79 Å². The van der Waals surface area contributed by atoms with Crippen LogP contribution in [0.3, 0.4) is 0 Å². The SMILES string of the molecule is CCNC(=NCCn1c(C)nc2ccccc21)N1CCC(CC(=O)NC)CC1. The number of aromatic nitrogens is 2. The molecule has 2 N–H and O–H groups in total. The van der Waals surface area contributed by atoms with Crippen LogP contribution in [0.2, 0.25) is 0 Å². The number of guanidine groups is 1. The average Bonchev–Trinajstić information content (AvgIpc) is 3.03. The number of carbonyl (C=O) groups is 1. The van der Waals surface area contributed by atoms with Gasteiger partial charge in [-0.15, -0.1) is 0 Å². The first-order valence-electron chi connectivity index (χ1n) is 10.3. The van der Waals surface area contributed by atoms with Crippen molar-refractivity contribution in [3.05, 3.63) is 30.1 Å². The van der Waals surface area contributed by atoms with Crippen molar-refractivity contribution in [2.75, 3.05) is 33.2 Å². The van der Waals surface area contributed by atoms with E-state index < -0.39 is 0 Å². The summed E-state index contributed by atoms with van der Waals surface area (Å²) < 4.78 is 2.23. The minimum absolute atomic E-state index is 0.141. The average molecular weight is 385 g/mol. The Labute approximate surface area is 167 Å². The van der Waals surface area contributed by atoms with Crippen LogP contribution in [0.4, 0.5) is 0 Å². The summed E-state index contributed by atoms with van der Waals surface area (Å²) in [6, 6.07) is 8.24. The van der Waals surface area contributed by atoms with Crippen molar-refractivity contribution in [3.63, 3.8) is 0 Å². The largest absolute Gasteiger partial charge is 0.359 e. The molecule has 0 radical (unpaired) electrons. The number of likely N-dealkylation sites (tertiary alicyclic amines) is 1. The third-order valence-electron chi connectivity index (χ3n) is 5.43. The maximum atomic E-state index is 11.6. The molecular weight excluding hydrogens is 352 g/mol. The van der Waals surface area contributed by atoms with E-state index in [0.717, 1.165) is 61.8 Å². The minimum Gasteiger partial charge on any atom is -0.359 e. The highest BCUT2D eigenvalue weighted by Crippen LogP contribution is 2.20. The Bertz CT molecular complexity index is 819. The second kappa shape index (κ2) is 9.57. The number of carbonyl (C=O) groups excluding carboxylic acids is 1. The van der Waals surface area contributed by atoms with Crippen molar-refractivity contribution >= 4 is 22.9 Å². The van der Waals surface area contributed by atoms with Gasteiger partial charge in [-0.3, -0.25) is 9.79 Å². The number of rotatable bonds is 6. The predicted octanol–water partition coefficient (Wildman–Crippen LogP) is 2.16. The molecule has 1 aliphatic heterocycles. The second-order valence-electron chi connectivity index (χ2n) is 7.34. The summed E-state index contributed by atoms with van der Waals surface area (Å²) in [5.74, 6) is 2.61. The number of piperidine rings is 1. The zero-order valence-corrected chi connectivity index (χ0v) is 17.2. The van der Waals surface area contributed by atoms with E-state index in [1.165, 1.54) is 0 Å². The van der Waals surface area contributed by atoms with Crippen LogP contribution < -0.4 is 10.6 Å². The van der Waals surface area contributed by atoms with Gasteiger partial charge in [0.25, 0.3) is 0 Å². The van der Waals surface area contributed by atoms with Crippen molar-refractivity contribution in [2.24, 2.45) is 10.9 Å². The molecule has 1 amide bonds. The van der Waals surface area contributed by atoms with E-state index in [1.807, 2.05) is 13.0 Å². The molecule has 152 valence electrons. The standard InChI is InChI=1S/C21H32N6O/c1-4-23-21(26-12-9-17(10-13-26)15-20(28)22-3)24-11-14-27-16(2)25-18-7-5-6-8-19(18)27/h5-8,17H,4,9-15H2,1-3H3,(H,22,28)(H,23,24). The lowest BCUT2D eigenvalue weighted by Crippen LogP contribution is -2.46. The van der Waals surface area contributed by atoms with Crippen molar-refractivity contribution in [1.29, 1.82) is 0 Å². The van der Waals surface area contributed by atoms with Crippen LogP contribution >= 0.6 is 0 Å². The summed E-state index contributed by atoms with van der Waals surface area (Å²) in [6.45, 7) is 8.41. The topological polar surface area (TPSA) is 74.5 Å². The highest BCUT2D eigenvalue weighted by atomic mass is 16.1. The lowest BCUT2D eigenvalue weighted by molar-refractivity contribution is -0.121. The van der Waals surface area contributed by atoms with Crippen LogP contribution in [-0.2, 0) is 11.3 Å². The number of nitrogens with zero attached hydrogens (tertiary/aromatic N) is 4. The number of amides is 1. The summed E-state index contributed by atoms with van der Waals surface area (Å²) in [4.78, 5) is 23.4. The third kappa shape index (κ3) is 4.82. The number of hydrogen-bond donors (Lipinski definition) is 2. The Balaban J connectivity index is 1.60. The molecule has 0 unspecified atom stereocenters. The molecule has 1 fully saturated rings. The van der Waals surface area contributed by atoms with Gasteiger partial charge in [-0.1, -0.05) is 12.1 Å². The van der Waals surface area contributed by atoms with Gasteiger partial charge in [0, 0.05) is 39.6 Å². The molecule has 3 rings (SSSR count). The first-order chi connectivity index (χ1) is 13.6. The maximum Gasteiger partial charge on any atom is 0.220 e. The van der Waals surface area contributed by atoms with Gasteiger partial charge in [-0.25, -0.2) is 4.98 Å². The zero-order valence-electron chi connectivity index (χ0n) is 17.2. The normalized spacial score (nSPS) is 15.8. The van der Waals surface area contributed by atoms with Gasteiger partial charge in [0.1, 0.15) is 5.82 Å². The fraction of sp³-hybridized carbons (Fsp3) is 0.571. The summed E-state index contributed by atoms with van der Waals surface area (Å²) in [5, 5.41) is 6.15. The number of aryl methyl sites for hydroxylation is 1. The summed E-state index contributed by atoms with van der Waals surface area (Å²) in [7, 11) is 1.71. The van der Waals surface area contributed by atoms with Gasteiger partial charge in [0.15, 0.2) is 5.96 Å². The van der Waals surface area contributed by atoms with Gasteiger partial charge < -0.3 is 20.1 Å². The van der Waals surface area contributed by atoms with Gasteiger partial charge in [-0.2, -0.15) is 0 Å². The van der Waals surface area contributed by atoms with Crippen LogP contribution in [0.15, 0.2) is 29.3 Å². The Morgan fingerprint density at radius 2 is 2.04 bits per heavy atom. The van der Waals surface area contributed by atoms with E-state index in [2.05, 4.69) is 50.2 Å². The van der Waals surface area contributed by atoms with Gasteiger partial charge in [-0.05, 0) is 44.7 Å². The Hall–Kier alpha value is -2.57. The van der Waals surface area contributed by atoms with Crippen LogP contribution in [0.5, 0.6) is 0 Å². The Morgan fingerprint density at radius 1 is 1.29 bits per heavy atom. The van der Waals surface area contributed by atoms with Gasteiger partial charge in [0.05, 0.1) is 17.6 Å². The molecule has 2 aromatic rings. The van der Waals surface area contributed by atoms with E-state index in [1.54, 1.807) is 7.05 Å². The molecule has 7 heteroatoms. The molecule has 1 saturated heterocycles. The molecule has 0 atom stereocenters. The Morgan fingerprint density at radius 3 is 2.75 bits per heavy atom. The third-order valence-corrected chi connectivity index (χ3v) is 5.43. The molecule has 0 spiro atoms. The second-order valence-corrected chi connectivity index (χ2v) is 7.34. The highest BCUT2D eigenvalue weighted by Gasteiger charge is 2.23. The molecule has 1 aliphatic rings. The number of para-hydroxylation sites is 2. The van der Waals surface area contributed by atoms with Crippen LogP contribution in [-0.4, -0.2) is 59.5 Å². The van der Waals surface area contributed by atoms with Crippen molar-refractivity contribution in [3.8, 4) is 0 Å². The monoisotopic (exact) mass is 384 g/mol. The predicted molar refractivity (Wildman–Crippen MR) is 113 cm³/mol. The number of benzene rings is 1. The fourth-order valence-electron chi connectivity index (χ4n) is 3.87. The molecule has 0 saturated carbocycles. The van der Waals surface area contributed by atoms with Crippen LogP contribution in [0, 0.1) is 12.8 Å². The van der Waals surface area contributed by atoms with Crippen LogP contribution in [0.1, 0.15) is 32.0 Å². The van der Waals surface area contributed by atoms with Gasteiger partial charge >= 0.3 is 0 Å². The van der Waals surface area contributed by atoms with Crippen molar-refractivity contribution in [2.45, 2.75) is 39.7 Å². The molecule has 7 nitrogen and oxygen atoms in total. The number of nitrogens with one attached hydrogen (secondary N) is 2. The first-order valence-corrected chi connectivity index (χ1v) is 10.3.